The molecule has 0 saturated carbocycles. The van der Waals surface area contributed by atoms with Gasteiger partial charge in [-0.3, -0.25) is 4.79 Å². The summed E-state index contributed by atoms with van der Waals surface area (Å²) < 4.78 is 5.86. The number of benzene rings is 2. The summed E-state index contributed by atoms with van der Waals surface area (Å²) >= 11 is 0. The molecule has 0 heterocycles. The van der Waals surface area contributed by atoms with Gasteiger partial charge in [0.15, 0.2) is 6.10 Å². The quantitative estimate of drug-likeness (QED) is 0.276. The highest BCUT2D eigenvalue weighted by atomic mass is 16.5. The zero-order valence-electron chi connectivity index (χ0n) is 16.7. The third-order valence-corrected chi connectivity index (χ3v) is 4.94. The molecule has 0 bridgehead atoms. The highest BCUT2D eigenvalue weighted by Crippen LogP contribution is 2.26. The molecule has 2 aromatic rings. The highest BCUT2D eigenvalue weighted by Gasteiger charge is 2.18. The molecule has 0 radical (unpaired) electrons. The maximum absolute atomic E-state index is 12.4. The summed E-state index contributed by atoms with van der Waals surface area (Å²) in [5, 5.41) is 0. The zero-order valence-corrected chi connectivity index (χ0v) is 16.7. The van der Waals surface area contributed by atoms with Crippen molar-refractivity contribution in [1.29, 1.82) is 0 Å². The predicted molar refractivity (Wildman–Crippen MR) is 113 cm³/mol. The lowest BCUT2D eigenvalue weighted by atomic mass is 10.0. The Hall–Kier alpha value is -2.09. The van der Waals surface area contributed by atoms with Gasteiger partial charge in [-0.15, -0.1) is 0 Å². The summed E-state index contributed by atoms with van der Waals surface area (Å²) in [6.45, 7) is 2.25. The van der Waals surface area contributed by atoms with Crippen molar-refractivity contribution in [3.63, 3.8) is 0 Å². The minimum absolute atomic E-state index is 0.101. The van der Waals surface area contributed by atoms with Gasteiger partial charge in [-0.2, -0.15) is 0 Å². The Kier molecular flexibility index (Phi) is 10.3. The molecular formula is C25H34O2. The Morgan fingerprint density at radius 1 is 0.704 bits per heavy atom. The van der Waals surface area contributed by atoms with Gasteiger partial charge in [0.2, 0.25) is 0 Å². The van der Waals surface area contributed by atoms with Gasteiger partial charge in [0, 0.05) is 6.42 Å². The minimum atomic E-state index is -0.321. The van der Waals surface area contributed by atoms with Crippen molar-refractivity contribution in [2.75, 3.05) is 0 Å². The van der Waals surface area contributed by atoms with Crippen LogP contribution in [0.4, 0.5) is 0 Å². The number of rotatable bonds is 13. The van der Waals surface area contributed by atoms with Gasteiger partial charge < -0.3 is 4.74 Å². The van der Waals surface area contributed by atoms with E-state index in [1.165, 1.54) is 44.9 Å². The Morgan fingerprint density at radius 2 is 1.15 bits per heavy atom. The summed E-state index contributed by atoms with van der Waals surface area (Å²) in [7, 11) is 0. The van der Waals surface area contributed by atoms with E-state index in [0.29, 0.717) is 6.42 Å². The maximum Gasteiger partial charge on any atom is 0.306 e. The van der Waals surface area contributed by atoms with Crippen molar-refractivity contribution >= 4 is 5.97 Å². The molecule has 0 saturated heterocycles. The van der Waals surface area contributed by atoms with Gasteiger partial charge in [0.1, 0.15) is 0 Å². The van der Waals surface area contributed by atoms with Crippen LogP contribution in [0.25, 0.3) is 0 Å². The molecule has 0 fully saturated rings. The second kappa shape index (κ2) is 13.1. The molecule has 0 N–H and O–H groups in total. The first-order valence-corrected chi connectivity index (χ1v) is 10.6. The summed E-state index contributed by atoms with van der Waals surface area (Å²) in [4.78, 5) is 12.4. The van der Waals surface area contributed by atoms with Gasteiger partial charge >= 0.3 is 5.97 Å². The normalized spacial score (nSPS) is 10.9. The first-order valence-electron chi connectivity index (χ1n) is 10.6. The molecule has 2 heteroatoms. The van der Waals surface area contributed by atoms with Crippen LogP contribution in [-0.2, 0) is 9.53 Å². The third-order valence-electron chi connectivity index (χ3n) is 4.94. The van der Waals surface area contributed by atoms with Crippen molar-refractivity contribution in [1.82, 2.24) is 0 Å². The average Bonchev–Trinajstić information content (AvgIpc) is 2.72. The van der Waals surface area contributed by atoms with Gasteiger partial charge in [0.05, 0.1) is 0 Å². The first kappa shape index (κ1) is 21.2. The summed E-state index contributed by atoms with van der Waals surface area (Å²) in [6.07, 6.45) is 11.4. The number of esters is 1. The van der Waals surface area contributed by atoms with Crippen LogP contribution in [0.3, 0.4) is 0 Å². The zero-order chi connectivity index (χ0) is 19.2. The SMILES string of the molecule is CCCCCCCCCCCC(=O)OC(c1ccccc1)c1ccccc1. The second-order valence-corrected chi connectivity index (χ2v) is 7.27. The molecule has 0 aromatic heterocycles. The van der Waals surface area contributed by atoms with Gasteiger partial charge in [-0.05, 0) is 17.5 Å². The molecular weight excluding hydrogens is 332 g/mol. The Balaban J connectivity index is 1.73. The molecule has 0 unspecified atom stereocenters. The monoisotopic (exact) mass is 366 g/mol. The molecule has 0 amide bonds. The molecule has 146 valence electrons. The molecule has 0 aliphatic rings. The number of carbonyl (C=O) groups is 1. The van der Waals surface area contributed by atoms with Crippen molar-refractivity contribution in [3.8, 4) is 0 Å². The number of unbranched alkanes of at least 4 members (excludes halogenated alkanes) is 8. The predicted octanol–water partition coefficient (Wildman–Crippen LogP) is 7.24. The fourth-order valence-corrected chi connectivity index (χ4v) is 3.35. The van der Waals surface area contributed by atoms with Crippen LogP contribution in [0.5, 0.6) is 0 Å². The molecule has 27 heavy (non-hydrogen) atoms. The summed E-state index contributed by atoms with van der Waals surface area (Å²) in [5.41, 5.74) is 2.04. The number of ether oxygens (including phenoxy) is 1. The summed E-state index contributed by atoms with van der Waals surface area (Å²) in [5.74, 6) is -0.101. The lowest BCUT2D eigenvalue weighted by Gasteiger charge is -2.19. The molecule has 0 aliphatic heterocycles. The lowest BCUT2D eigenvalue weighted by Crippen LogP contribution is -2.12. The lowest BCUT2D eigenvalue weighted by molar-refractivity contribution is -0.147. The van der Waals surface area contributed by atoms with Crippen molar-refractivity contribution < 1.29 is 9.53 Å². The van der Waals surface area contributed by atoms with E-state index in [0.717, 1.165) is 24.0 Å². The smallest absolute Gasteiger partial charge is 0.306 e. The molecule has 2 aromatic carbocycles. The molecule has 2 nitrogen and oxygen atoms in total. The number of hydrogen-bond acceptors (Lipinski definition) is 2. The van der Waals surface area contributed by atoms with E-state index < -0.39 is 0 Å². The molecule has 2 rings (SSSR count). The van der Waals surface area contributed by atoms with Gasteiger partial charge in [0.25, 0.3) is 0 Å². The maximum atomic E-state index is 12.4. The average molecular weight is 367 g/mol. The van der Waals surface area contributed by atoms with E-state index in [4.69, 9.17) is 4.74 Å². The van der Waals surface area contributed by atoms with Crippen LogP contribution >= 0.6 is 0 Å². The van der Waals surface area contributed by atoms with Crippen LogP contribution in [-0.4, -0.2) is 5.97 Å². The minimum Gasteiger partial charge on any atom is -0.453 e. The van der Waals surface area contributed by atoms with Crippen LogP contribution in [0, 0.1) is 0 Å². The van der Waals surface area contributed by atoms with E-state index in [-0.39, 0.29) is 12.1 Å². The Bertz CT molecular complexity index is 582. The fraction of sp³-hybridized carbons (Fsp3) is 0.480. The van der Waals surface area contributed by atoms with Crippen LogP contribution in [0.15, 0.2) is 60.7 Å². The van der Waals surface area contributed by atoms with E-state index in [1.807, 2.05) is 60.7 Å². The third kappa shape index (κ3) is 8.43. The number of carbonyl (C=O) groups excluding carboxylic acids is 1. The molecule has 0 spiro atoms. The Labute approximate surface area is 165 Å². The summed E-state index contributed by atoms with van der Waals surface area (Å²) in [6, 6.07) is 20.0. The fourth-order valence-electron chi connectivity index (χ4n) is 3.35. The van der Waals surface area contributed by atoms with Crippen molar-refractivity contribution in [3.05, 3.63) is 71.8 Å². The molecule has 0 aliphatic carbocycles. The first-order chi connectivity index (χ1) is 13.3. The van der Waals surface area contributed by atoms with E-state index in [2.05, 4.69) is 6.92 Å². The largest absolute Gasteiger partial charge is 0.453 e. The van der Waals surface area contributed by atoms with Crippen LogP contribution in [0.1, 0.15) is 88.4 Å². The Morgan fingerprint density at radius 3 is 1.63 bits per heavy atom. The van der Waals surface area contributed by atoms with Gasteiger partial charge in [-0.1, -0.05) is 119 Å². The van der Waals surface area contributed by atoms with Crippen LogP contribution in [0.2, 0.25) is 0 Å². The second-order valence-electron chi connectivity index (χ2n) is 7.27. The molecule has 0 atom stereocenters. The van der Waals surface area contributed by atoms with Crippen LogP contribution < -0.4 is 0 Å². The van der Waals surface area contributed by atoms with Gasteiger partial charge in [-0.25, -0.2) is 0 Å². The van der Waals surface area contributed by atoms with E-state index in [1.54, 1.807) is 0 Å². The van der Waals surface area contributed by atoms with E-state index in [9.17, 15) is 4.79 Å². The highest BCUT2D eigenvalue weighted by molar-refractivity contribution is 5.70. The topological polar surface area (TPSA) is 26.3 Å². The van der Waals surface area contributed by atoms with E-state index >= 15 is 0 Å². The van der Waals surface area contributed by atoms with Crippen molar-refractivity contribution in [2.24, 2.45) is 0 Å². The van der Waals surface area contributed by atoms with Crippen molar-refractivity contribution in [2.45, 2.75) is 77.2 Å². The number of hydrogen-bond donors (Lipinski definition) is 0. The standard InChI is InChI=1S/C25H34O2/c1-2-3-4-5-6-7-8-9-16-21-24(26)27-25(22-17-12-10-13-18-22)23-19-14-11-15-20-23/h10-15,17-20,25H,2-9,16,21H2,1H3.